The van der Waals surface area contributed by atoms with E-state index in [4.69, 9.17) is 5.14 Å². The average Bonchev–Trinajstić information content (AvgIpc) is 2.48. The molecule has 1 unspecified atom stereocenters. The second-order valence-electron chi connectivity index (χ2n) is 5.61. The lowest BCUT2D eigenvalue weighted by Gasteiger charge is -2.29. The number of halogens is 2. The van der Waals surface area contributed by atoms with Gasteiger partial charge in [0.15, 0.2) is 0 Å². The van der Waals surface area contributed by atoms with Crippen LogP contribution in [0.15, 0.2) is 18.2 Å². The molecule has 1 fully saturated rings. The van der Waals surface area contributed by atoms with Crippen molar-refractivity contribution in [3.05, 3.63) is 35.4 Å². The fourth-order valence-corrected chi connectivity index (χ4v) is 3.35. The predicted octanol–water partition coefficient (Wildman–Crippen LogP) is 1.06. The van der Waals surface area contributed by atoms with Gasteiger partial charge in [0.1, 0.15) is 11.6 Å². The lowest BCUT2D eigenvalue weighted by atomic mass is 9.96. The zero-order valence-corrected chi connectivity index (χ0v) is 13.4. The molecule has 1 saturated heterocycles. The zero-order valence-electron chi connectivity index (χ0n) is 12.6. The summed E-state index contributed by atoms with van der Waals surface area (Å²) >= 11 is 0. The Morgan fingerprint density at radius 3 is 2.52 bits per heavy atom. The van der Waals surface area contributed by atoms with Crippen LogP contribution in [0.4, 0.5) is 8.78 Å². The lowest BCUT2D eigenvalue weighted by Crippen LogP contribution is -2.45. The average molecular weight is 347 g/mol. The first-order valence-electron chi connectivity index (χ1n) is 7.21. The van der Waals surface area contributed by atoms with E-state index in [-0.39, 0.29) is 30.5 Å². The number of amides is 1. The third-order valence-electron chi connectivity index (χ3n) is 3.97. The maximum absolute atomic E-state index is 13.7. The molecule has 0 aliphatic carbocycles. The number of nitrogens with two attached hydrogens (primary N) is 1. The first kappa shape index (κ1) is 17.8. The number of hydrogen-bond acceptors (Lipinski definition) is 3. The smallest absolute Gasteiger partial charge is 0.276 e. The second kappa shape index (κ2) is 6.90. The second-order valence-corrected chi connectivity index (χ2v) is 7.16. The maximum Gasteiger partial charge on any atom is 0.276 e. The molecule has 2 rings (SSSR count). The van der Waals surface area contributed by atoms with Crippen molar-refractivity contribution in [2.24, 2.45) is 11.1 Å². The first-order valence-corrected chi connectivity index (χ1v) is 8.72. The van der Waals surface area contributed by atoms with Gasteiger partial charge in [-0.2, -0.15) is 12.7 Å². The molecule has 0 bridgehead atoms. The Balaban J connectivity index is 1.96. The van der Waals surface area contributed by atoms with Crippen molar-refractivity contribution in [2.45, 2.75) is 25.8 Å². The molecule has 1 aromatic carbocycles. The molecule has 0 spiro atoms. The summed E-state index contributed by atoms with van der Waals surface area (Å²) in [4.78, 5) is 12.2. The molecule has 9 heteroatoms. The highest BCUT2D eigenvalue weighted by atomic mass is 32.2. The summed E-state index contributed by atoms with van der Waals surface area (Å²) in [7, 11) is -3.74. The number of piperidine rings is 1. The fraction of sp³-hybridized carbons (Fsp3) is 0.500. The molecule has 0 radical (unpaired) electrons. The van der Waals surface area contributed by atoms with Gasteiger partial charge in [0.25, 0.3) is 10.2 Å². The van der Waals surface area contributed by atoms with Crippen LogP contribution >= 0.6 is 0 Å². The number of carbonyl (C=O) groups is 1. The summed E-state index contributed by atoms with van der Waals surface area (Å²) in [6, 6.07) is 2.38. The molecule has 1 amide bonds. The van der Waals surface area contributed by atoms with E-state index in [0.29, 0.717) is 12.8 Å². The molecule has 23 heavy (non-hydrogen) atoms. The van der Waals surface area contributed by atoms with Gasteiger partial charge < -0.3 is 5.32 Å². The third-order valence-corrected chi connectivity index (χ3v) is 5.05. The summed E-state index contributed by atoms with van der Waals surface area (Å²) in [6.07, 6.45) is 0.668. The van der Waals surface area contributed by atoms with E-state index in [2.05, 4.69) is 5.32 Å². The van der Waals surface area contributed by atoms with Crippen LogP contribution in [0.1, 0.15) is 31.4 Å². The van der Waals surface area contributed by atoms with Crippen LogP contribution in [0.3, 0.4) is 0 Å². The standard InChI is InChI=1S/C14H19F2N3O3S/c1-9(12-8-11(15)2-3-13(12)16)18-14(20)10-4-6-19(7-5-10)23(17,21)22/h2-3,8-10H,4-7H2,1H3,(H,18,20)(H2,17,21,22). The Morgan fingerprint density at radius 1 is 1.35 bits per heavy atom. The highest BCUT2D eigenvalue weighted by Crippen LogP contribution is 2.22. The van der Waals surface area contributed by atoms with Gasteiger partial charge >= 0.3 is 0 Å². The molecular weight excluding hydrogens is 328 g/mol. The number of carbonyl (C=O) groups excluding carboxylic acids is 1. The Labute approximate surface area is 133 Å². The number of nitrogens with one attached hydrogen (secondary N) is 1. The predicted molar refractivity (Wildman–Crippen MR) is 80.3 cm³/mol. The van der Waals surface area contributed by atoms with Crippen molar-refractivity contribution in [2.75, 3.05) is 13.1 Å². The summed E-state index contributed by atoms with van der Waals surface area (Å²) < 4.78 is 50.5. The number of hydrogen-bond donors (Lipinski definition) is 2. The highest BCUT2D eigenvalue weighted by Gasteiger charge is 2.30. The minimum absolute atomic E-state index is 0.0697. The van der Waals surface area contributed by atoms with Gasteiger partial charge in [-0.25, -0.2) is 13.9 Å². The van der Waals surface area contributed by atoms with Crippen LogP contribution in [0.2, 0.25) is 0 Å². The maximum atomic E-state index is 13.7. The van der Waals surface area contributed by atoms with Crippen LogP contribution in [-0.4, -0.2) is 31.7 Å². The van der Waals surface area contributed by atoms with Crippen molar-refractivity contribution in [1.82, 2.24) is 9.62 Å². The largest absolute Gasteiger partial charge is 0.349 e. The quantitative estimate of drug-likeness (QED) is 0.853. The summed E-state index contributed by atoms with van der Waals surface area (Å²) in [5.74, 6) is -1.87. The minimum Gasteiger partial charge on any atom is -0.349 e. The van der Waals surface area contributed by atoms with E-state index in [1.54, 1.807) is 6.92 Å². The van der Waals surface area contributed by atoms with Gasteiger partial charge in [-0.15, -0.1) is 0 Å². The number of rotatable bonds is 4. The molecular formula is C14H19F2N3O3S. The number of benzene rings is 1. The van der Waals surface area contributed by atoms with Gasteiger partial charge in [0.05, 0.1) is 6.04 Å². The van der Waals surface area contributed by atoms with E-state index in [9.17, 15) is 22.0 Å². The zero-order chi connectivity index (χ0) is 17.2. The van der Waals surface area contributed by atoms with Crippen LogP contribution < -0.4 is 10.5 Å². The fourth-order valence-electron chi connectivity index (χ4n) is 2.63. The van der Waals surface area contributed by atoms with Gasteiger partial charge in [-0.1, -0.05) is 0 Å². The summed E-state index contributed by atoms with van der Waals surface area (Å²) in [6.45, 7) is 1.90. The molecule has 3 N–H and O–H groups in total. The van der Waals surface area contributed by atoms with E-state index in [1.807, 2.05) is 0 Å². The summed E-state index contributed by atoms with van der Waals surface area (Å²) in [5.41, 5.74) is 0.0697. The van der Waals surface area contributed by atoms with Gasteiger partial charge in [-0.3, -0.25) is 4.79 Å². The van der Waals surface area contributed by atoms with Gasteiger partial charge in [-0.05, 0) is 38.0 Å². The van der Waals surface area contributed by atoms with Gasteiger partial charge in [0, 0.05) is 24.6 Å². The normalized spacial score (nSPS) is 18.6. The monoisotopic (exact) mass is 347 g/mol. The lowest BCUT2D eigenvalue weighted by molar-refractivity contribution is -0.126. The Morgan fingerprint density at radius 2 is 1.96 bits per heavy atom. The highest BCUT2D eigenvalue weighted by molar-refractivity contribution is 7.86. The molecule has 128 valence electrons. The van der Waals surface area contributed by atoms with Crippen LogP contribution in [0, 0.1) is 17.6 Å². The van der Waals surface area contributed by atoms with Crippen molar-refractivity contribution < 1.29 is 22.0 Å². The van der Waals surface area contributed by atoms with E-state index < -0.39 is 27.9 Å². The molecule has 6 nitrogen and oxygen atoms in total. The molecule has 1 heterocycles. The van der Waals surface area contributed by atoms with E-state index in [1.165, 1.54) is 0 Å². The topological polar surface area (TPSA) is 92.5 Å². The van der Waals surface area contributed by atoms with Crippen molar-refractivity contribution in [3.8, 4) is 0 Å². The third kappa shape index (κ3) is 4.46. The van der Waals surface area contributed by atoms with Crippen molar-refractivity contribution in [1.29, 1.82) is 0 Å². The molecule has 0 saturated carbocycles. The first-order chi connectivity index (χ1) is 10.7. The SMILES string of the molecule is CC(NC(=O)C1CCN(S(N)(=O)=O)CC1)c1cc(F)ccc1F. The van der Waals surface area contributed by atoms with Crippen molar-refractivity contribution >= 4 is 16.1 Å². The molecule has 1 aliphatic rings. The van der Waals surface area contributed by atoms with Crippen LogP contribution in [-0.2, 0) is 15.0 Å². The molecule has 1 aliphatic heterocycles. The molecule has 1 atom stereocenters. The Bertz CT molecular complexity index is 689. The minimum atomic E-state index is -3.74. The molecule has 0 aromatic heterocycles. The van der Waals surface area contributed by atoms with E-state index >= 15 is 0 Å². The van der Waals surface area contributed by atoms with E-state index in [0.717, 1.165) is 22.5 Å². The summed E-state index contributed by atoms with van der Waals surface area (Å²) in [5, 5.41) is 7.68. The Kier molecular flexibility index (Phi) is 5.33. The molecule has 1 aromatic rings. The van der Waals surface area contributed by atoms with Gasteiger partial charge in [0.2, 0.25) is 5.91 Å². The van der Waals surface area contributed by atoms with Crippen molar-refractivity contribution in [3.63, 3.8) is 0 Å². The Hall–Kier alpha value is -1.58. The van der Waals surface area contributed by atoms with Crippen LogP contribution in [0.25, 0.3) is 0 Å². The van der Waals surface area contributed by atoms with Crippen LogP contribution in [0.5, 0.6) is 0 Å². The number of nitrogens with zero attached hydrogens (tertiary/aromatic N) is 1.